The van der Waals surface area contributed by atoms with E-state index in [4.69, 9.17) is 4.74 Å². The largest absolute Gasteiger partial charge is 1.00 e. The maximum absolute atomic E-state index is 11.9. The molecule has 0 bridgehead atoms. The van der Waals surface area contributed by atoms with E-state index in [1.807, 2.05) is 36.0 Å². The van der Waals surface area contributed by atoms with Crippen molar-refractivity contribution in [3.63, 3.8) is 0 Å². The number of nitrogens with zero attached hydrogens (tertiary/aromatic N) is 1. The van der Waals surface area contributed by atoms with Crippen LogP contribution >= 0.6 is 0 Å². The SMILES string of the molecule is COc1ccc(C(=O)/C=C/[n+]2ccc(C)cc2)cc1.[Cl-]. The molecule has 0 saturated carbocycles. The number of ketones is 1. The molecule has 0 aliphatic rings. The monoisotopic (exact) mass is 289 g/mol. The van der Waals surface area contributed by atoms with Crippen LogP contribution in [0.15, 0.2) is 54.9 Å². The van der Waals surface area contributed by atoms with Gasteiger partial charge in [0.25, 0.3) is 0 Å². The predicted molar refractivity (Wildman–Crippen MR) is 74.0 cm³/mol. The van der Waals surface area contributed by atoms with Gasteiger partial charge in [-0.05, 0) is 36.8 Å². The van der Waals surface area contributed by atoms with Gasteiger partial charge in [-0.3, -0.25) is 4.79 Å². The first kappa shape index (κ1) is 15.9. The lowest BCUT2D eigenvalue weighted by atomic mass is 10.1. The molecule has 20 heavy (non-hydrogen) atoms. The molecule has 0 aliphatic heterocycles. The molecule has 0 radical (unpaired) electrons. The average molecular weight is 290 g/mol. The molecule has 2 aromatic rings. The summed E-state index contributed by atoms with van der Waals surface area (Å²) < 4.78 is 6.90. The number of aryl methyl sites for hydroxylation is 1. The van der Waals surface area contributed by atoms with E-state index in [9.17, 15) is 4.79 Å². The third kappa shape index (κ3) is 4.21. The van der Waals surface area contributed by atoms with E-state index in [1.54, 1.807) is 43.7 Å². The van der Waals surface area contributed by atoms with E-state index in [0.29, 0.717) is 5.56 Å². The number of hydrogen-bond acceptors (Lipinski definition) is 2. The zero-order valence-corrected chi connectivity index (χ0v) is 12.2. The van der Waals surface area contributed by atoms with Gasteiger partial charge in [-0.25, -0.2) is 0 Å². The number of carbonyl (C=O) groups is 1. The quantitative estimate of drug-likeness (QED) is 0.438. The summed E-state index contributed by atoms with van der Waals surface area (Å²) in [4.78, 5) is 11.9. The second-order valence-electron chi connectivity index (χ2n) is 4.23. The molecule has 1 aromatic carbocycles. The summed E-state index contributed by atoms with van der Waals surface area (Å²) in [5.41, 5.74) is 1.83. The number of halogens is 1. The molecule has 104 valence electrons. The van der Waals surface area contributed by atoms with Gasteiger partial charge in [0.15, 0.2) is 24.4 Å². The molecule has 0 atom stereocenters. The number of hydrogen-bond donors (Lipinski definition) is 0. The Morgan fingerprint density at radius 3 is 2.25 bits per heavy atom. The van der Waals surface area contributed by atoms with Crippen molar-refractivity contribution in [2.45, 2.75) is 6.92 Å². The van der Waals surface area contributed by atoms with Crippen molar-refractivity contribution in [3.8, 4) is 5.75 Å². The minimum atomic E-state index is -0.0317. The summed E-state index contributed by atoms with van der Waals surface area (Å²) in [6.45, 7) is 2.02. The maximum atomic E-state index is 11.9. The number of benzene rings is 1. The summed E-state index contributed by atoms with van der Waals surface area (Å²) in [6.07, 6.45) is 7.11. The summed E-state index contributed by atoms with van der Waals surface area (Å²) in [5, 5.41) is 0. The van der Waals surface area contributed by atoms with Crippen LogP contribution in [-0.4, -0.2) is 12.9 Å². The first-order chi connectivity index (χ1) is 9.19. The Hall–Kier alpha value is -2.13. The highest BCUT2D eigenvalue weighted by Gasteiger charge is 2.03. The fourth-order valence-electron chi connectivity index (χ4n) is 1.62. The van der Waals surface area contributed by atoms with Gasteiger partial charge in [0.2, 0.25) is 0 Å². The van der Waals surface area contributed by atoms with E-state index < -0.39 is 0 Å². The molecular weight excluding hydrogens is 274 g/mol. The summed E-state index contributed by atoms with van der Waals surface area (Å²) in [6, 6.07) is 11.0. The highest BCUT2D eigenvalue weighted by atomic mass is 35.5. The third-order valence-electron chi connectivity index (χ3n) is 2.79. The molecule has 4 heteroatoms. The second kappa shape index (κ2) is 7.46. The van der Waals surface area contributed by atoms with Crippen LogP contribution in [0.5, 0.6) is 5.75 Å². The molecule has 2 rings (SSSR count). The highest BCUT2D eigenvalue weighted by molar-refractivity contribution is 6.05. The number of aromatic nitrogens is 1. The lowest BCUT2D eigenvalue weighted by Crippen LogP contribution is -3.00. The predicted octanol–water partition coefficient (Wildman–Crippen LogP) is -0.351. The van der Waals surface area contributed by atoms with E-state index in [-0.39, 0.29) is 18.2 Å². The third-order valence-corrected chi connectivity index (χ3v) is 2.79. The van der Waals surface area contributed by atoms with E-state index in [0.717, 1.165) is 5.75 Å². The number of rotatable bonds is 4. The number of allylic oxidation sites excluding steroid dienone is 1. The van der Waals surface area contributed by atoms with Crippen LogP contribution in [0.3, 0.4) is 0 Å². The van der Waals surface area contributed by atoms with Crippen molar-refractivity contribution >= 4 is 12.0 Å². The Kier molecular flexibility index (Phi) is 5.94. The van der Waals surface area contributed by atoms with E-state index in [2.05, 4.69) is 0 Å². The van der Waals surface area contributed by atoms with Gasteiger partial charge in [-0.2, -0.15) is 4.57 Å². The lowest BCUT2D eigenvalue weighted by molar-refractivity contribution is -0.568. The maximum Gasteiger partial charge on any atom is 0.191 e. The van der Waals surface area contributed by atoms with Gasteiger partial charge in [-0.1, -0.05) is 0 Å². The van der Waals surface area contributed by atoms with Crippen LogP contribution in [0, 0.1) is 6.92 Å². The number of pyridine rings is 1. The van der Waals surface area contributed by atoms with Gasteiger partial charge in [0.1, 0.15) is 5.75 Å². The minimum Gasteiger partial charge on any atom is -1.00 e. The van der Waals surface area contributed by atoms with Crippen LogP contribution in [0.1, 0.15) is 15.9 Å². The first-order valence-electron chi connectivity index (χ1n) is 6.03. The van der Waals surface area contributed by atoms with E-state index >= 15 is 0 Å². The molecule has 1 aromatic heterocycles. The molecule has 0 fully saturated rings. The standard InChI is InChI=1S/C16H16NO2.ClH/c1-13-7-10-17(11-8-13)12-9-16(18)14-3-5-15(19-2)6-4-14;/h3-12H,1-2H3;1H/q+1;/p-1/b12-9+;. The average Bonchev–Trinajstić information content (AvgIpc) is 2.46. The number of carbonyl (C=O) groups excluding carboxylic acids is 1. The second-order valence-corrected chi connectivity index (χ2v) is 4.23. The molecule has 0 aliphatic carbocycles. The van der Waals surface area contributed by atoms with Crippen molar-refractivity contribution in [1.82, 2.24) is 0 Å². The Morgan fingerprint density at radius 2 is 1.70 bits per heavy atom. The molecule has 3 nitrogen and oxygen atoms in total. The summed E-state index contributed by atoms with van der Waals surface area (Å²) in [5.74, 6) is 0.712. The normalized spacial score (nSPS) is 10.1. The topological polar surface area (TPSA) is 30.2 Å². The fourth-order valence-corrected chi connectivity index (χ4v) is 1.62. The molecule has 0 amide bonds. The fraction of sp³-hybridized carbons (Fsp3) is 0.125. The van der Waals surface area contributed by atoms with Crippen molar-refractivity contribution in [2.24, 2.45) is 0 Å². The number of ether oxygens (including phenoxy) is 1. The zero-order valence-electron chi connectivity index (χ0n) is 11.4. The van der Waals surface area contributed by atoms with Crippen molar-refractivity contribution in [3.05, 3.63) is 66.0 Å². The molecule has 0 saturated heterocycles. The zero-order chi connectivity index (χ0) is 13.7. The molecule has 0 unspecified atom stereocenters. The van der Waals surface area contributed by atoms with Crippen LogP contribution < -0.4 is 21.7 Å². The highest BCUT2D eigenvalue weighted by Crippen LogP contribution is 2.11. The van der Waals surface area contributed by atoms with Gasteiger partial charge >= 0.3 is 0 Å². The van der Waals surface area contributed by atoms with E-state index in [1.165, 1.54) is 5.56 Å². The van der Waals surface area contributed by atoms with Gasteiger partial charge in [0.05, 0.1) is 13.2 Å². The van der Waals surface area contributed by atoms with Crippen LogP contribution in [0.25, 0.3) is 6.20 Å². The van der Waals surface area contributed by atoms with Crippen molar-refractivity contribution < 1.29 is 26.5 Å². The Morgan fingerprint density at radius 1 is 1.10 bits per heavy atom. The van der Waals surface area contributed by atoms with Gasteiger partial charge < -0.3 is 17.1 Å². The molecule has 0 spiro atoms. The summed E-state index contributed by atoms with van der Waals surface area (Å²) >= 11 is 0. The van der Waals surface area contributed by atoms with Crippen LogP contribution in [0.2, 0.25) is 0 Å². The Labute approximate surface area is 124 Å². The minimum absolute atomic E-state index is 0. The summed E-state index contributed by atoms with van der Waals surface area (Å²) in [7, 11) is 1.60. The molecule has 0 N–H and O–H groups in total. The van der Waals surface area contributed by atoms with Gasteiger partial charge in [-0.15, -0.1) is 0 Å². The lowest BCUT2D eigenvalue weighted by Gasteiger charge is -1.99. The van der Waals surface area contributed by atoms with Crippen molar-refractivity contribution in [1.29, 1.82) is 0 Å². The first-order valence-corrected chi connectivity index (χ1v) is 6.03. The molecule has 1 heterocycles. The Balaban J connectivity index is 0.00000200. The van der Waals surface area contributed by atoms with Crippen LogP contribution in [0.4, 0.5) is 0 Å². The van der Waals surface area contributed by atoms with Crippen molar-refractivity contribution in [2.75, 3.05) is 7.11 Å². The van der Waals surface area contributed by atoms with Crippen LogP contribution in [-0.2, 0) is 0 Å². The smallest absolute Gasteiger partial charge is 0.191 e. The van der Waals surface area contributed by atoms with Gasteiger partial charge in [0, 0.05) is 17.7 Å². The molecular formula is C16H16ClNO2. The number of methoxy groups -OCH3 is 1. The Bertz CT molecular complexity index is 589.